The Balaban J connectivity index is 1.63. The minimum atomic E-state index is -1.30. The molecule has 3 heterocycles. The highest BCUT2D eigenvalue weighted by Gasteiger charge is 2.50. The Hall–Kier alpha value is -2.98. The maximum absolute atomic E-state index is 15.1. The number of carbonyl (C=O) groups excluding carboxylic acids is 2. The van der Waals surface area contributed by atoms with Gasteiger partial charge in [-0.25, -0.2) is 14.2 Å². The monoisotopic (exact) mass is 472 g/mol. The molecule has 2 atom stereocenters. The third kappa shape index (κ3) is 5.17. The minimum absolute atomic E-state index is 0.0945. The minimum Gasteiger partial charge on any atom is -0.444 e. The van der Waals surface area contributed by atoms with E-state index in [0.29, 0.717) is 29.6 Å². The maximum atomic E-state index is 15.1. The summed E-state index contributed by atoms with van der Waals surface area (Å²) in [5.41, 5.74) is -1.13. The van der Waals surface area contributed by atoms with Crippen LogP contribution in [0, 0.1) is 11.7 Å². The summed E-state index contributed by atoms with van der Waals surface area (Å²) in [4.78, 5) is 33.4. The first-order valence-corrected chi connectivity index (χ1v) is 11.5. The first-order valence-electron chi connectivity index (χ1n) is 10.6. The summed E-state index contributed by atoms with van der Waals surface area (Å²) in [6.45, 7) is 5.69. The third-order valence-corrected chi connectivity index (χ3v) is 6.18. The van der Waals surface area contributed by atoms with E-state index in [0.717, 1.165) is 0 Å². The number of amides is 2. The number of hydrogen-bond acceptors (Lipinski definition) is 7. The molecule has 10 heteroatoms. The fraction of sp³-hybridized carbons (Fsp3) is 0.391. The number of alkyl carbamates (subject to hydrolysis) is 1. The Morgan fingerprint density at radius 3 is 2.79 bits per heavy atom. The molecule has 2 aromatic rings. The van der Waals surface area contributed by atoms with Gasteiger partial charge in [0.15, 0.2) is 10.9 Å². The number of halogens is 1. The summed E-state index contributed by atoms with van der Waals surface area (Å²) in [6, 6.07) is 9.29. The lowest BCUT2D eigenvalue weighted by Crippen LogP contribution is -2.42. The van der Waals surface area contributed by atoms with Gasteiger partial charge in [0.25, 0.3) is 5.91 Å². The van der Waals surface area contributed by atoms with Crippen LogP contribution in [0.3, 0.4) is 0 Å². The van der Waals surface area contributed by atoms with E-state index in [2.05, 4.69) is 20.6 Å². The average Bonchev–Trinajstić information content (AvgIpc) is 3.18. The number of nitrogens with one attached hydrogen (secondary N) is 2. The summed E-state index contributed by atoms with van der Waals surface area (Å²) in [6.07, 6.45) is 1.58. The highest BCUT2D eigenvalue weighted by Crippen LogP contribution is 2.48. The lowest BCUT2D eigenvalue weighted by Gasteiger charge is -2.35. The van der Waals surface area contributed by atoms with Gasteiger partial charge < -0.3 is 14.8 Å². The molecule has 0 radical (unpaired) electrons. The second kappa shape index (κ2) is 9.11. The van der Waals surface area contributed by atoms with Crippen molar-refractivity contribution < 1.29 is 23.5 Å². The second-order valence-corrected chi connectivity index (χ2v) is 9.76. The van der Waals surface area contributed by atoms with Gasteiger partial charge in [-0.2, -0.15) is 0 Å². The number of rotatable bonds is 3. The van der Waals surface area contributed by atoms with Crippen LogP contribution >= 0.6 is 11.8 Å². The van der Waals surface area contributed by atoms with Crippen molar-refractivity contribution in [2.24, 2.45) is 10.9 Å². The van der Waals surface area contributed by atoms with Gasteiger partial charge in [-0.3, -0.25) is 15.1 Å². The number of anilines is 1. The van der Waals surface area contributed by atoms with Crippen molar-refractivity contribution in [3.05, 3.63) is 59.7 Å². The van der Waals surface area contributed by atoms with E-state index < -0.39 is 29.1 Å². The van der Waals surface area contributed by atoms with Gasteiger partial charge >= 0.3 is 6.09 Å². The molecule has 2 aliphatic heterocycles. The molecule has 1 aromatic carbocycles. The number of carbonyl (C=O) groups is 2. The number of hydrogen-bond donors (Lipinski definition) is 2. The van der Waals surface area contributed by atoms with Gasteiger partial charge in [0.1, 0.15) is 17.1 Å². The van der Waals surface area contributed by atoms with Crippen molar-refractivity contribution >= 4 is 34.6 Å². The van der Waals surface area contributed by atoms with Crippen molar-refractivity contribution in [1.82, 2.24) is 10.3 Å². The van der Waals surface area contributed by atoms with Crippen molar-refractivity contribution in [2.75, 3.05) is 17.7 Å². The van der Waals surface area contributed by atoms with Crippen LogP contribution in [0.4, 0.5) is 14.9 Å². The summed E-state index contributed by atoms with van der Waals surface area (Å²) in [5.74, 6) is -0.434. The average molecular weight is 473 g/mol. The molecule has 0 bridgehead atoms. The Morgan fingerprint density at radius 2 is 2.06 bits per heavy atom. The summed E-state index contributed by atoms with van der Waals surface area (Å²) >= 11 is 1.36. The molecule has 0 aliphatic carbocycles. The molecule has 2 N–H and O–H groups in total. The van der Waals surface area contributed by atoms with Crippen LogP contribution in [0.15, 0.2) is 47.6 Å². The highest BCUT2D eigenvalue weighted by atomic mass is 32.2. The molecule has 33 heavy (non-hydrogen) atoms. The zero-order chi connectivity index (χ0) is 23.6. The number of benzene rings is 1. The van der Waals surface area contributed by atoms with Crippen molar-refractivity contribution in [3.8, 4) is 0 Å². The van der Waals surface area contributed by atoms with Crippen LogP contribution < -0.4 is 10.6 Å². The number of amidine groups is 1. The van der Waals surface area contributed by atoms with Gasteiger partial charge in [-0.15, -0.1) is 0 Å². The predicted molar refractivity (Wildman–Crippen MR) is 124 cm³/mol. The molecule has 0 spiro atoms. The lowest BCUT2D eigenvalue weighted by molar-refractivity contribution is -0.0173. The van der Waals surface area contributed by atoms with Crippen LogP contribution in [0.2, 0.25) is 0 Å². The number of thioether (sulfide) groups is 1. The van der Waals surface area contributed by atoms with E-state index in [1.165, 1.54) is 36.2 Å². The Labute approximate surface area is 195 Å². The number of pyridine rings is 1. The zero-order valence-corrected chi connectivity index (χ0v) is 19.4. The van der Waals surface area contributed by atoms with Crippen LogP contribution in [-0.4, -0.2) is 40.1 Å². The SMILES string of the molecule is CC(C)(C)OC(=O)NC1=N[C@@]2(c3cc(NC(=O)c4ccccn4)ccc3F)OCC[C@H]2CS1. The predicted octanol–water partition coefficient (Wildman–Crippen LogP) is 4.29. The summed E-state index contributed by atoms with van der Waals surface area (Å²) in [5, 5.41) is 5.68. The molecule has 2 amide bonds. The molecule has 174 valence electrons. The first-order chi connectivity index (χ1) is 15.7. The van der Waals surface area contributed by atoms with Crippen LogP contribution in [-0.2, 0) is 15.2 Å². The number of ether oxygens (including phenoxy) is 2. The summed E-state index contributed by atoms with van der Waals surface area (Å²) in [7, 11) is 0. The standard InChI is InChI=1S/C23H25FN4O4S/c1-22(2,3)32-21(30)27-20-28-23(14(13-33-20)9-11-31-23)16-12-15(7-8-17(16)24)26-19(29)18-6-4-5-10-25-18/h4-8,10,12,14H,9,11,13H2,1-3H3,(H,26,29)(H,27,28,30)/t14-,23+/m0/s1. The van der Waals surface area contributed by atoms with Gasteiger partial charge in [0, 0.05) is 29.1 Å². The smallest absolute Gasteiger partial charge is 0.413 e. The molecule has 1 fully saturated rings. The highest BCUT2D eigenvalue weighted by molar-refractivity contribution is 8.13. The van der Waals surface area contributed by atoms with E-state index in [1.807, 2.05) is 0 Å². The molecule has 4 rings (SSSR count). The Kier molecular flexibility index (Phi) is 6.40. The lowest BCUT2D eigenvalue weighted by atomic mass is 9.89. The Morgan fingerprint density at radius 1 is 1.24 bits per heavy atom. The van der Waals surface area contributed by atoms with E-state index in [9.17, 15) is 9.59 Å². The van der Waals surface area contributed by atoms with Crippen LogP contribution in [0.1, 0.15) is 43.2 Å². The van der Waals surface area contributed by atoms with Crippen molar-refractivity contribution in [2.45, 2.75) is 38.5 Å². The van der Waals surface area contributed by atoms with Crippen LogP contribution in [0.5, 0.6) is 0 Å². The number of aromatic nitrogens is 1. The van der Waals surface area contributed by atoms with Gasteiger partial charge in [-0.1, -0.05) is 17.8 Å². The topological polar surface area (TPSA) is 102 Å². The second-order valence-electron chi connectivity index (χ2n) is 8.75. The fourth-order valence-corrected chi connectivity index (χ4v) is 4.84. The fourth-order valence-electron chi connectivity index (χ4n) is 3.74. The van der Waals surface area contributed by atoms with E-state index in [4.69, 9.17) is 9.47 Å². The molecule has 2 aliphatic rings. The van der Waals surface area contributed by atoms with Gasteiger partial charge in [0.2, 0.25) is 0 Å². The molecule has 8 nitrogen and oxygen atoms in total. The summed E-state index contributed by atoms with van der Waals surface area (Å²) < 4.78 is 26.4. The number of aliphatic imine (C=N–C) groups is 1. The molecular weight excluding hydrogens is 447 g/mol. The zero-order valence-electron chi connectivity index (χ0n) is 18.6. The number of fused-ring (bicyclic) bond motifs is 1. The molecule has 0 saturated carbocycles. The molecule has 1 aromatic heterocycles. The van der Waals surface area contributed by atoms with Crippen molar-refractivity contribution in [3.63, 3.8) is 0 Å². The van der Waals surface area contributed by atoms with Gasteiger partial charge in [0.05, 0.1) is 6.61 Å². The normalized spacial score (nSPS) is 22.2. The molecule has 0 unspecified atom stereocenters. The van der Waals surface area contributed by atoms with Crippen molar-refractivity contribution in [1.29, 1.82) is 0 Å². The molecule has 1 saturated heterocycles. The van der Waals surface area contributed by atoms with Gasteiger partial charge in [-0.05, 0) is 57.5 Å². The van der Waals surface area contributed by atoms with E-state index >= 15 is 4.39 Å². The first kappa shape index (κ1) is 23.2. The quantitative estimate of drug-likeness (QED) is 0.691. The Bertz CT molecular complexity index is 1090. The third-order valence-electron chi connectivity index (χ3n) is 5.15. The largest absolute Gasteiger partial charge is 0.444 e. The molecular formula is C23H25FN4O4S. The van der Waals surface area contributed by atoms with E-state index in [-0.39, 0.29) is 17.2 Å². The van der Waals surface area contributed by atoms with Crippen LogP contribution in [0.25, 0.3) is 0 Å². The maximum Gasteiger partial charge on any atom is 0.413 e. The van der Waals surface area contributed by atoms with E-state index in [1.54, 1.807) is 39.0 Å². The number of nitrogens with zero attached hydrogens (tertiary/aromatic N) is 2.